The number of methoxy groups -OCH3 is 2. The molecule has 0 saturated carbocycles. The lowest BCUT2D eigenvalue weighted by Crippen LogP contribution is -2.30. The second kappa shape index (κ2) is 7.54. The summed E-state index contributed by atoms with van der Waals surface area (Å²) in [4.78, 5) is 14.5. The molecule has 0 bridgehead atoms. The molecule has 0 fully saturated rings. The topological polar surface area (TPSA) is 64.8 Å². The number of hydrogen-bond donors (Lipinski definition) is 1. The number of carbonyl (C=O) groups is 1. The van der Waals surface area contributed by atoms with E-state index in [0.717, 1.165) is 18.1 Å². The van der Waals surface area contributed by atoms with Gasteiger partial charge in [-0.3, -0.25) is 0 Å². The van der Waals surface area contributed by atoms with Crippen LogP contribution < -0.4 is 15.4 Å². The van der Waals surface area contributed by atoms with E-state index in [0.29, 0.717) is 28.1 Å². The summed E-state index contributed by atoms with van der Waals surface area (Å²) < 4.78 is 10.2. The summed E-state index contributed by atoms with van der Waals surface area (Å²) in [6.45, 7) is 10.4. The smallest absolute Gasteiger partial charge is 0.350 e. The summed E-state index contributed by atoms with van der Waals surface area (Å²) in [6.07, 6.45) is 0. The van der Waals surface area contributed by atoms with Crippen molar-refractivity contribution in [3.05, 3.63) is 4.88 Å². The third-order valence-corrected chi connectivity index (χ3v) is 4.14. The van der Waals surface area contributed by atoms with E-state index in [-0.39, 0.29) is 0 Å². The summed E-state index contributed by atoms with van der Waals surface area (Å²) in [5, 5.41) is 0.901. The van der Waals surface area contributed by atoms with Gasteiger partial charge in [-0.25, -0.2) is 4.79 Å². The molecule has 0 saturated heterocycles. The molecule has 21 heavy (non-hydrogen) atoms. The van der Waals surface area contributed by atoms with Crippen LogP contribution in [-0.2, 0) is 4.74 Å². The zero-order valence-electron chi connectivity index (χ0n) is 13.7. The van der Waals surface area contributed by atoms with Crippen LogP contribution in [0.2, 0.25) is 0 Å². The zero-order valence-corrected chi connectivity index (χ0v) is 14.5. The molecule has 1 aromatic heterocycles. The Morgan fingerprint density at radius 1 is 1.19 bits per heavy atom. The first-order valence-electron chi connectivity index (χ1n) is 7.11. The number of esters is 1. The van der Waals surface area contributed by atoms with Gasteiger partial charge in [0.2, 0.25) is 0 Å². The van der Waals surface area contributed by atoms with Crippen molar-refractivity contribution in [1.29, 1.82) is 0 Å². The first-order valence-corrected chi connectivity index (χ1v) is 7.92. The molecular weight excluding hydrogens is 288 g/mol. The van der Waals surface area contributed by atoms with E-state index in [9.17, 15) is 4.79 Å². The largest absolute Gasteiger partial charge is 0.492 e. The van der Waals surface area contributed by atoms with E-state index in [1.807, 2.05) is 0 Å². The van der Waals surface area contributed by atoms with E-state index in [4.69, 9.17) is 15.2 Å². The van der Waals surface area contributed by atoms with Gasteiger partial charge in [0.1, 0.15) is 15.6 Å². The molecule has 1 heterocycles. The summed E-state index contributed by atoms with van der Waals surface area (Å²) >= 11 is 1.34. The lowest BCUT2D eigenvalue weighted by molar-refractivity contribution is 0.0607. The third-order valence-electron chi connectivity index (χ3n) is 2.92. The van der Waals surface area contributed by atoms with Crippen molar-refractivity contribution in [2.75, 3.05) is 37.9 Å². The SMILES string of the molecule is COC(=O)c1sc(N(CC(C)C)CC(C)C)c(OC)c1N. The van der Waals surface area contributed by atoms with Crippen molar-refractivity contribution >= 4 is 28.0 Å². The number of nitrogens with two attached hydrogens (primary N) is 1. The Balaban J connectivity index is 3.25. The first kappa shape index (κ1) is 17.6. The second-order valence-electron chi connectivity index (χ2n) is 5.87. The summed E-state index contributed by atoms with van der Waals surface area (Å²) in [7, 11) is 2.93. The lowest BCUT2D eigenvalue weighted by Gasteiger charge is -2.27. The number of nitrogens with zero attached hydrogens (tertiary/aromatic N) is 1. The summed E-state index contributed by atoms with van der Waals surface area (Å²) in [5.41, 5.74) is 6.41. The van der Waals surface area contributed by atoms with Crippen molar-refractivity contribution < 1.29 is 14.3 Å². The van der Waals surface area contributed by atoms with Crippen molar-refractivity contribution in [2.24, 2.45) is 11.8 Å². The van der Waals surface area contributed by atoms with E-state index in [1.165, 1.54) is 18.4 Å². The van der Waals surface area contributed by atoms with Crippen molar-refractivity contribution in [2.45, 2.75) is 27.7 Å². The van der Waals surface area contributed by atoms with Crippen LogP contribution in [0, 0.1) is 11.8 Å². The Morgan fingerprint density at radius 2 is 1.71 bits per heavy atom. The molecule has 0 unspecified atom stereocenters. The molecule has 0 aromatic carbocycles. The van der Waals surface area contributed by atoms with Crippen LogP contribution in [0.3, 0.4) is 0 Å². The van der Waals surface area contributed by atoms with Gasteiger partial charge < -0.3 is 20.1 Å². The highest BCUT2D eigenvalue weighted by atomic mass is 32.1. The van der Waals surface area contributed by atoms with Gasteiger partial charge >= 0.3 is 5.97 Å². The lowest BCUT2D eigenvalue weighted by atomic mass is 10.1. The Morgan fingerprint density at radius 3 is 2.10 bits per heavy atom. The van der Waals surface area contributed by atoms with Crippen molar-refractivity contribution in [1.82, 2.24) is 0 Å². The average Bonchev–Trinajstić information content (AvgIpc) is 2.73. The van der Waals surface area contributed by atoms with Crippen LogP contribution in [0.5, 0.6) is 5.75 Å². The van der Waals surface area contributed by atoms with Crippen LogP contribution >= 0.6 is 11.3 Å². The van der Waals surface area contributed by atoms with Crippen molar-refractivity contribution in [3.63, 3.8) is 0 Å². The Kier molecular flexibility index (Phi) is 6.33. The summed E-state index contributed by atoms with van der Waals surface area (Å²) in [5.74, 6) is 1.15. The van der Waals surface area contributed by atoms with Gasteiger partial charge in [0.15, 0.2) is 5.75 Å². The number of anilines is 2. The molecule has 1 aromatic rings. The number of ether oxygens (including phenoxy) is 2. The van der Waals surface area contributed by atoms with Crippen LogP contribution in [0.15, 0.2) is 0 Å². The molecule has 2 N–H and O–H groups in total. The predicted molar refractivity (Wildman–Crippen MR) is 88.5 cm³/mol. The highest BCUT2D eigenvalue weighted by Gasteiger charge is 2.26. The molecule has 5 nitrogen and oxygen atoms in total. The van der Waals surface area contributed by atoms with E-state index < -0.39 is 5.97 Å². The third kappa shape index (κ3) is 4.27. The number of thiophene rings is 1. The molecule has 0 aliphatic heterocycles. The van der Waals surface area contributed by atoms with Gasteiger partial charge in [0.25, 0.3) is 0 Å². The molecule has 0 amide bonds. The maximum absolute atomic E-state index is 11.8. The molecule has 0 aliphatic carbocycles. The van der Waals surface area contributed by atoms with Gasteiger partial charge in [0, 0.05) is 13.1 Å². The minimum atomic E-state index is -0.420. The molecule has 0 atom stereocenters. The molecule has 1 rings (SSSR count). The fourth-order valence-electron chi connectivity index (χ4n) is 2.19. The summed E-state index contributed by atoms with van der Waals surface area (Å²) in [6, 6.07) is 0. The molecule has 0 aliphatic rings. The number of rotatable bonds is 7. The Hall–Kier alpha value is -1.43. The molecule has 0 radical (unpaired) electrons. The second-order valence-corrected chi connectivity index (χ2v) is 6.87. The average molecular weight is 314 g/mol. The Labute approximate surface area is 131 Å². The van der Waals surface area contributed by atoms with Gasteiger partial charge in [-0.05, 0) is 11.8 Å². The van der Waals surface area contributed by atoms with Gasteiger partial charge in [0.05, 0.1) is 14.2 Å². The van der Waals surface area contributed by atoms with Gasteiger partial charge in [-0.1, -0.05) is 27.7 Å². The zero-order chi connectivity index (χ0) is 16.2. The van der Waals surface area contributed by atoms with Gasteiger partial charge in [-0.15, -0.1) is 11.3 Å². The highest BCUT2D eigenvalue weighted by molar-refractivity contribution is 7.19. The number of nitrogen functional groups attached to an aromatic ring is 1. The maximum Gasteiger partial charge on any atom is 0.350 e. The van der Waals surface area contributed by atoms with E-state index in [2.05, 4.69) is 32.6 Å². The van der Waals surface area contributed by atoms with Crippen molar-refractivity contribution in [3.8, 4) is 5.75 Å². The first-order chi connectivity index (χ1) is 9.81. The van der Waals surface area contributed by atoms with E-state index >= 15 is 0 Å². The number of hydrogen-bond acceptors (Lipinski definition) is 6. The fraction of sp³-hybridized carbons (Fsp3) is 0.667. The molecule has 6 heteroatoms. The normalized spacial score (nSPS) is 11.0. The maximum atomic E-state index is 11.8. The van der Waals surface area contributed by atoms with Gasteiger partial charge in [-0.2, -0.15) is 0 Å². The van der Waals surface area contributed by atoms with Crippen LogP contribution in [0.25, 0.3) is 0 Å². The number of carbonyl (C=O) groups excluding carboxylic acids is 1. The minimum absolute atomic E-state index is 0.363. The Bertz CT molecular complexity index is 474. The van der Waals surface area contributed by atoms with Crippen LogP contribution in [0.4, 0.5) is 10.7 Å². The van der Waals surface area contributed by atoms with Crippen LogP contribution in [0.1, 0.15) is 37.4 Å². The predicted octanol–water partition coefficient (Wildman–Crippen LogP) is 3.24. The van der Waals surface area contributed by atoms with Crippen LogP contribution in [-0.4, -0.2) is 33.3 Å². The highest BCUT2D eigenvalue weighted by Crippen LogP contribution is 2.45. The minimum Gasteiger partial charge on any atom is -0.492 e. The molecular formula is C15H26N2O3S. The quantitative estimate of drug-likeness (QED) is 0.783. The standard InChI is InChI=1S/C15H26N2O3S/c1-9(2)7-17(8-10(3)4)14-12(19-5)11(16)13(21-14)15(18)20-6/h9-10H,7-8,16H2,1-6H3. The molecule has 120 valence electrons. The monoisotopic (exact) mass is 314 g/mol. The molecule has 0 spiro atoms. The van der Waals surface area contributed by atoms with E-state index in [1.54, 1.807) is 7.11 Å². The fourth-order valence-corrected chi connectivity index (χ4v) is 3.31.